The summed E-state index contributed by atoms with van der Waals surface area (Å²) < 4.78 is 46.0. The molecule has 0 N–H and O–H groups in total. The highest BCUT2D eigenvalue weighted by Gasteiger charge is 2.30. The SMILES string of the molecule is O=C(OC1COC1)c1cc(F)c(Cl)c(S(=O)(=O)Cl)c1Cl. The normalized spacial score (nSPS) is 15.8. The Balaban J connectivity index is 2.48. The van der Waals surface area contributed by atoms with Crippen molar-refractivity contribution in [3.05, 3.63) is 27.5 Å². The van der Waals surface area contributed by atoms with Crippen molar-refractivity contribution < 1.29 is 27.1 Å². The molecule has 20 heavy (non-hydrogen) atoms. The predicted octanol–water partition coefficient (Wildman–Crippen LogP) is 2.62. The van der Waals surface area contributed by atoms with E-state index in [0.29, 0.717) is 6.07 Å². The number of hydrogen-bond donors (Lipinski definition) is 0. The monoisotopic (exact) mass is 362 g/mol. The van der Waals surface area contributed by atoms with Crippen molar-refractivity contribution in [2.24, 2.45) is 0 Å². The van der Waals surface area contributed by atoms with Crippen molar-refractivity contribution in [1.29, 1.82) is 0 Å². The lowest BCUT2D eigenvalue weighted by Crippen LogP contribution is -2.37. The van der Waals surface area contributed by atoms with E-state index in [4.69, 9.17) is 43.4 Å². The molecule has 0 aromatic heterocycles. The van der Waals surface area contributed by atoms with Gasteiger partial charge in [0.05, 0.1) is 28.8 Å². The van der Waals surface area contributed by atoms with Gasteiger partial charge < -0.3 is 9.47 Å². The standard InChI is InChI=1S/C10H6Cl3FO5S/c11-7-5(10(15)19-4-2-18-3-4)1-6(14)8(12)9(7)20(13,16)17/h1,4H,2-3H2. The van der Waals surface area contributed by atoms with Crippen LogP contribution in [0.25, 0.3) is 0 Å². The Labute approximate surface area is 127 Å². The molecule has 0 aliphatic carbocycles. The van der Waals surface area contributed by atoms with E-state index in [1.165, 1.54) is 0 Å². The smallest absolute Gasteiger partial charge is 0.340 e. The Morgan fingerprint density at radius 3 is 2.40 bits per heavy atom. The molecule has 2 rings (SSSR count). The van der Waals surface area contributed by atoms with Crippen LogP contribution in [0.3, 0.4) is 0 Å². The molecule has 1 aliphatic heterocycles. The largest absolute Gasteiger partial charge is 0.454 e. The lowest BCUT2D eigenvalue weighted by molar-refractivity contribution is -0.103. The van der Waals surface area contributed by atoms with Crippen LogP contribution in [0.4, 0.5) is 4.39 Å². The van der Waals surface area contributed by atoms with E-state index >= 15 is 0 Å². The summed E-state index contributed by atoms with van der Waals surface area (Å²) in [5.41, 5.74) is -0.473. The Morgan fingerprint density at radius 1 is 1.35 bits per heavy atom. The zero-order valence-electron chi connectivity index (χ0n) is 9.53. The van der Waals surface area contributed by atoms with Gasteiger partial charge >= 0.3 is 5.97 Å². The number of rotatable bonds is 3. The van der Waals surface area contributed by atoms with Crippen LogP contribution in [-0.4, -0.2) is 33.7 Å². The molecule has 0 spiro atoms. The van der Waals surface area contributed by atoms with Gasteiger partial charge in [0, 0.05) is 10.7 Å². The van der Waals surface area contributed by atoms with E-state index in [1.54, 1.807) is 0 Å². The third kappa shape index (κ3) is 3.01. The molecular weight excluding hydrogens is 358 g/mol. The van der Waals surface area contributed by atoms with Crippen LogP contribution in [0.2, 0.25) is 10.0 Å². The summed E-state index contributed by atoms with van der Waals surface area (Å²) in [4.78, 5) is 10.9. The highest BCUT2D eigenvalue weighted by atomic mass is 35.7. The van der Waals surface area contributed by atoms with Crippen molar-refractivity contribution in [3.8, 4) is 0 Å². The molecule has 5 nitrogen and oxygen atoms in total. The predicted molar refractivity (Wildman–Crippen MR) is 69.5 cm³/mol. The van der Waals surface area contributed by atoms with Crippen LogP contribution in [0, 0.1) is 5.82 Å². The second-order valence-electron chi connectivity index (χ2n) is 3.87. The molecule has 1 saturated heterocycles. The number of ether oxygens (including phenoxy) is 2. The fourth-order valence-corrected chi connectivity index (χ4v) is 3.81. The molecular formula is C10H6Cl3FO5S. The van der Waals surface area contributed by atoms with Crippen LogP contribution >= 0.6 is 33.9 Å². The average molecular weight is 364 g/mol. The van der Waals surface area contributed by atoms with E-state index in [2.05, 4.69) is 0 Å². The van der Waals surface area contributed by atoms with E-state index in [9.17, 15) is 17.6 Å². The zero-order valence-corrected chi connectivity index (χ0v) is 12.6. The first kappa shape index (κ1) is 15.8. The zero-order chi connectivity index (χ0) is 15.1. The molecule has 0 bridgehead atoms. The maximum atomic E-state index is 13.6. The van der Waals surface area contributed by atoms with Crippen LogP contribution in [-0.2, 0) is 18.5 Å². The minimum Gasteiger partial charge on any atom is -0.454 e. The molecule has 10 heteroatoms. The highest BCUT2D eigenvalue weighted by molar-refractivity contribution is 8.14. The fourth-order valence-electron chi connectivity index (χ4n) is 1.44. The molecule has 110 valence electrons. The summed E-state index contributed by atoms with van der Waals surface area (Å²) in [6, 6.07) is 0.693. The molecule has 0 radical (unpaired) electrons. The lowest BCUT2D eigenvalue weighted by Gasteiger charge is -2.25. The molecule has 1 fully saturated rings. The average Bonchev–Trinajstić information content (AvgIpc) is 2.26. The van der Waals surface area contributed by atoms with Crippen molar-refractivity contribution in [2.45, 2.75) is 11.0 Å². The van der Waals surface area contributed by atoms with Crippen LogP contribution < -0.4 is 0 Å². The number of hydrogen-bond acceptors (Lipinski definition) is 5. The Hall–Kier alpha value is -0.600. The Morgan fingerprint density at radius 2 is 1.95 bits per heavy atom. The number of halogens is 4. The van der Waals surface area contributed by atoms with Gasteiger partial charge in [0.2, 0.25) is 0 Å². The minimum atomic E-state index is -4.43. The third-order valence-electron chi connectivity index (χ3n) is 2.46. The van der Waals surface area contributed by atoms with Gasteiger partial charge in [0.25, 0.3) is 9.05 Å². The summed E-state index contributed by atoms with van der Waals surface area (Å²) >= 11 is 11.3. The Bertz CT molecular complexity index is 672. The third-order valence-corrected chi connectivity index (χ3v) is 4.81. The molecule has 0 saturated carbocycles. The second kappa shape index (κ2) is 5.65. The van der Waals surface area contributed by atoms with Gasteiger partial charge in [-0.3, -0.25) is 0 Å². The quantitative estimate of drug-likeness (QED) is 0.469. The molecule has 0 unspecified atom stereocenters. The first-order valence-electron chi connectivity index (χ1n) is 5.12. The lowest BCUT2D eigenvalue weighted by atomic mass is 10.2. The van der Waals surface area contributed by atoms with E-state index in [1.807, 2.05) is 0 Å². The van der Waals surface area contributed by atoms with Gasteiger partial charge in [-0.2, -0.15) is 0 Å². The maximum absolute atomic E-state index is 13.6. The first-order chi connectivity index (χ1) is 9.21. The molecule has 0 atom stereocenters. The van der Waals surface area contributed by atoms with E-state index in [0.717, 1.165) is 0 Å². The number of carbonyl (C=O) groups is 1. The van der Waals surface area contributed by atoms with Crippen molar-refractivity contribution in [1.82, 2.24) is 0 Å². The van der Waals surface area contributed by atoms with Gasteiger partial charge in [-0.1, -0.05) is 23.2 Å². The fraction of sp³-hybridized carbons (Fsp3) is 0.300. The van der Waals surface area contributed by atoms with Crippen LogP contribution in [0.15, 0.2) is 11.0 Å². The van der Waals surface area contributed by atoms with Crippen LogP contribution in [0.1, 0.15) is 10.4 Å². The molecule has 1 aromatic carbocycles. The van der Waals surface area contributed by atoms with Crippen molar-refractivity contribution >= 4 is 48.9 Å². The van der Waals surface area contributed by atoms with Crippen LogP contribution in [0.5, 0.6) is 0 Å². The summed E-state index contributed by atoms with van der Waals surface area (Å²) in [7, 11) is 0.700. The Kier molecular flexibility index (Phi) is 4.46. The van der Waals surface area contributed by atoms with Gasteiger partial charge in [0.1, 0.15) is 16.8 Å². The molecule has 0 amide bonds. The summed E-state index contributed by atoms with van der Waals surface area (Å²) in [6.07, 6.45) is -0.478. The number of esters is 1. The molecule has 1 aromatic rings. The summed E-state index contributed by atoms with van der Waals surface area (Å²) in [6.45, 7) is 0.417. The van der Waals surface area contributed by atoms with Gasteiger partial charge in [-0.15, -0.1) is 0 Å². The minimum absolute atomic E-state index is 0.208. The molecule has 1 heterocycles. The van der Waals surface area contributed by atoms with Gasteiger partial charge in [0.15, 0.2) is 0 Å². The van der Waals surface area contributed by atoms with E-state index in [-0.39, 0.29) is 13.2 Å². The topological polar surface area (TPSA) is 69.7 Å². The number of carbonyl (C=O) groups excluding carboxylic acids is 1. The summed E-state index contributed by atoms with van der Waals surface area (Å²) in [5, 5.41) is -1.37. The maximum Gasteiger partial charge on any atom is 0.340 e. The van der Waals surface area contributed by atoms with E-state index < -0.39 is 47.4 Å². The number of benzene rings is 1. The highest BCUT2D eigenvalue weighted by Crippen LogP contribution is 2.36. The second-order valence-corrected chi connectivity index (χ2v) is 7.12. The first-order valence-corrected chi connectivity index (χ1v) is 8.19. The molecule has 1 aliphatic rings. The van der Waals surface area contributed by atoms with Crippen molar-refractivity contribution in [3.63, 3.8) is 0 Å². The van der Waals surface area contributed by atoms with Crippen molar-refractivity contribution in [2.75, 3.05) is 13.2 Å². The van der Waals surface area contributed by atoms with Gasteiger partial charge in [-0.25, -0.2) is 17.6 Å². The summed E-state index contributed by atoms with van der Waals surface area (Å²) in [5.74, 6) is -2.13. The van der Waals surface area contributed by atoms with Gasteiger partial charge in [-0.05, 0) is 6.07 Å².